The first-order chi connectivity index (χ1) is 22.4. The van der Waals surface area contributed by atoms with Crippen LogP contribution in [0.3, 0.4) is 0 Å². The van der Waals surface area contributed by atoms with Crippen LogP contribution in [0.25, 0.3) is 0 Å². The van der Waals surface area contributed by atoms with E-state index < -0.39 is 35.5 Å². The molecule has 238 valence electrons. The topological polar surface area (TPSA) is 129 Å². The molecule has 3 aromatic rings. The van der Waals surface area contributed by atoms with Crippen LogP contribution in [0.1, 0.15) is 70.0 Å². The van der Waals surface area contributed by atoms with Crippen LogP contribution in [0.4, 0.5) is 11.4 Å². The van der Waals surface area contributed by atoms with Crippen LogP contribution >= 0.6 is 0 Å². The molecule has 0 bridgehead atoms. The second-order valence-corrected chi connectivity index (χ2v) is 13.3. The van der Waals surface area contributed by atoms with Crippen LogP contribution in [0.5, 0.6) is 5.75 Å². The Morgan fingerprint density at radius 2 is 1.13 bits per heavy atom. The number of rotatable bonds is 5. The lowest BCUT2D eigenvalue weighted by atomic mass is 9.57. The number of aromatic hydroxyl groups is 1. The van der Waals surface area contributed by atoms with Crippen molar-refractivity contribution >= 4 is 46.6 Å². The zero-order chi connectivity index (χ0) is 33.5. The highest BCUT2D eigenvalue weighted by atomic mass is 16.3. The van der Waals surface area contributed by atoms with Crippen molar-refractivity contribution in [2.75, 3.05) is 9.80 Å². The number of nitrogens with zero attached hydrogens (tertiary/aromatic N) is 2. The van der Waals surface area contributed by atoms with Crippen molar-refractivity contribution < 1.29 is 33.9 Å². The van der Waals surface area contributed by atoms with Gasteiger partial charge in [-0.2, -0.15) is 0 Å². The quantitative estimate of drug-likeness (QED) is 0.225. The summed E-state index contributed by atoms with van der Waals surface area (Å²) < 4.78 is 0. The summed E-state index contributed by atoms with van der Waals surface area (Å²) in [6.45, 7) is 6.47. The summed E-state index contributed by atoms with van der Waals surface area (Å²) in [5.41, 5.74) is 4.60. The highest BCUT2D eigenvalue weighted by molar-refractivity contribution is 6.24. The minimum atomic E-state index is -0.750. The standard InChI is InChI=1S/C38H34N2O7/c1-18-15-24(16-19(2)34(18)43)31-27-13-14-28-32(37(46)39(35(28)44)25-9-5-22(6-10-25)20(3)41)29(27)17-30-33(31)38(47)40(36(30)45)26-11-7-23(8-12-26)21(4)42/h5-13,15-16,28-33,43H,14,17H2,1-4H3/t28-,29+,30+,31-,32-,33+/m0/s1. The van der Waals surface area contributed by atoms with Crippen LogP contribution in [0, 0.1) is 43.4 Å². The lowest BCUT2D eigenvalue weighted by Gasteiger charge is -2.44. The molecular weight excluding hydrogens is 596 g/mol. The third kappa shape index (κ3) is 4.59. The van der Waals surface area contributed by atoms with Gasteiger partial charge in [-0.05, 0) is 112 Å². The monoisotopic (exact) mass is 630 g/mol. The third-order valence-electron chi connectivity index (χ3n) is 10.6. The third-order valence-corrected chi connectivity index (χ3v) is 10.6. The van der Waals surface area contributed by atoms with Crippen molar-refractivity contribution in [1.82, 2.24) is 0 Å². The van der Waals surface area contributed by atoms with E-state index in [4.69, 9.17) is 0 Å². The molecule has 2 aliphatic carbocycles. The number of allylic oxidation sites excluding steroid dienone is 2. The zero-order valence-corrected chi connectivity index (χ0v) is 26.5. The van der Waals surface area contributed by atoms with Crippen molar-refractivity contribution in [3.8, 4) is 5.75 Å². The molecule has 2 aliphatic heterocycles. The molecule has 4 aliphatic rings. The van der Waals surface area contributed by atoms with Crippen molar-refractivity contribution in [2.45, 2.75) is 46.5 Å². The summed E-state index contributed by atoms with van der Waals surface area (Å²) in [5, 5.41) is 10.6. The summed E-state index contributed by atoms with van der Waals surface area (Å²) in [4.78, 5) is 82.7. The van der Waals surface area contributed by atoms with E-state index in [1.54, 1.807) is 62.4 Å². The van der Waals surface area contributed by atoms with E-state index in [2.05, 4.69) is 0 Å². The van der Waals surface area contributed by atoms with E-state index in [0.29, 0.717) is 40.0 Å². The summed E-state index contributed by atoms with van der Waals surface area (Å²) in [6.07, 6.45) is 2.53. The average Bonchev–Trinajstić information content (AvgIpc) is 3.46. The number of carbonyl (C=O) groups excluding carboxylic acids is 6. The molecular formula is C38H34N2O7. The second-order valence-electron chi connectivity index (χ2n) is 13.3. The van der Waals surface area contributed by atoms with Crippen molar-refractivity contribution in [3.05, 3.63) is 100 Å². The fourth-order valence-corrected chi connectivity index (χ4v) is 8.33. The minimum Gasteiger partial charge on any atom is -0.507 e. The van der Waals surface area contributed by atoms with Crippen molar-refractivity contribution in [1.29, 1.82) is 0 Å². The predicted molar refractivity (Wildman–Crippen MR) is 173 cm³/mol. The molecule has 3 fully saturated rings. The molecule has 2 saturated heterocycles. The van der Waals surface area contributed by atoms with Gasteiger partial charge in [0.25, 0.3) is 0 Å². The number of hydrogen-bond acceptors (Lipinski definition) is 7. The first-order valence-corrected chi connectivity index (χ1v) is 15.9. The molecule has 3 aromatic carbocycles. The summed E-state index contributed by atoms with van der Waals surface area (Å²) in [5.74, 6) is -5.36. The number of hydrogen-bond donors (Lipinski definition) is 1. The largest absolute Gasteiger partial charge is 0.507 e. The van der Waals surface area contributed by atoms with Gasteiger partial charge in [0.2, 0.25) is 23.6 Å². The number of ketones is 2. The van der Waals surface area contributed by atoms with Gasteiger partial charge in [0.15, 0.2) is 11.6 Å². The lowest BCUT2D eigenvalue weighted by molar-refractivity contribution is -0.126. The first kappa shape index (κ1) is 30.5. The summed E-state index contributed by atoms with van der Waals surface area (Å²) in [7, 11) is 0. The maximum atomic E-state index is 14.3. The normalized spacial score (nSPS) is 26.6. The Morgan fingerprint density at radius 1 is 0.660 bits per heavy atom. The molecule has 0 radical (unpaired) electrons. The molecule has 4 amide bonds. The Bertz CT molecular complexity index is 1920. The molecule has 2 heterocycles. The molecule has 7 rings (SSSR count). The van der Waals surface area contributed by atoms with Gasteiger partial charge < -0.3 is 5.11 Å². The van der Waals surface area contributed by atoms with E-state index in [0.717, 1.165) is 11.1 Å². The number of aryl methyl sites for hydroxylation is 2. The van der Waals surface area contributed by atoms with Crippen molar-refractivity contribution in [2.24, 2.45) is 29.6 Å². The van der Waals surface area contributed by atoms with E-state index in [-0.39, 0.29) is 47.4 Å². The van der Waals surface area contributed by atoms with Crippen LogP contribution in [-0.4, -0.2) is 40.3 Å². The predicted octanol–water partition coefficient (Wildman–Crippen LogP) is 5.46. The van der Waals surface area contributed by atoms with E-state index in [9.17, 15) is 33.9 Å². The van der Waals surface area contributed by atoms with Gasteiger partial charge in [0.05, 0.1) is 35.0 Å². The van der Waals surface area contributed by atoms with E-state index in [1.165, 1.54) is 23.6 Å². The molecule has 9 heteroatoms. The lowest BCUT2D eigenvalue weighted by Crippen LogP contribution is -2.43. The Hall–Kier alpha value is -5.18. The van der Waals surface area contributed by atoms with Crippen LogP contribution in [0.15, 0.2) is 72.3 Å². The second kappa shape index (κ2) is 11.0. The highest BCUT2D eigenvalue weighted by Crippen LogP contribution is 2.58. The molecule has 1 saturated carbocycles. The van der Waals surface area contributed by atoms with Gasteiger partial charge in [-0.1, -0.05) is 23.8 Å². The number of Topliss-reactive ketones (excluding diaryl/α,β-unsaturated/α-hetero) is 2. The van der Waals surface area contributed by atoms with Gasteiger partial charge >= 0.3 is 0 Å². The Balaban J connectivity index is 1.32. The smallest absolute Gasteiger partial charge is 0.238 e. The van der Waals surface area contributed by atoms with Gasteiger partial charge in [0, 0.05) is 17.0 Å². The summed E-state index contributed by atoms with van der Waals surface area (Å²) in [6, 6.07) is 16.5. The van der Waals surface area contributed by atoms with Gasteiger partial charge in [-0.25, -0.2) is 0 Å². The number of amides is 4. The summed E-state index contributed by atoms with van der Waals surface area (Å²) >= 11 is 0. The fraction of sp³-hybridized carbons (Fsp3) is 0.316. The Morgan fingerprint density at radius 3 is 1.62 bits per heavy atom. The molecule has 0 spiro atoms. The molecule has 9 nitrogen and oxygen atoms in total. The number of fused-ring (bicyclic) bond motifs is 4. The van der Waals surface area contributed by atoms with E-state index in [1.807, 2.05) is 18.2 Å². The molecule has 47 heavy (non-hydrogen) atoms. The van der Waals surface area contributed by atoms with Gasteiger partial charge in [-0.3, -0.25) is 38.6 Å². The van der Waals surface area contributed by atoms with E-state index >= 15 is 0 Å². The number of phenolic OH excluding ortho intramolecular Hbond substituents is 1. The van der Waals surface area contributed by atoms with Gasteiger partial charge in [-0.15, -0.1) is 0 Å². The zero-order valence-electron chi connectivity index (χ0n) is 26.5. The van der Waals surface area contributed by atoms with Crippen LogP contribution in [-0.2, 0) is 19.2 Å². The molecule has 0 unspecified atom stereocenters. The van der Waals surface area contributed by atoms with Crippen LogP contribution in [0.2, 0.25) is 0 Å². The maximum absolute atomic E-state index is 14.3. The van der Waals surface area contributed by atoms with Crippen molar-refractivity contribution in [3.63, 3.8) is 0 Å². The number of benzene rings is 3. The highest BCUT2D eigenvalue weighted by Gasteiger charge is 2.62. The SMILES string of the molecule is CC(=O)c1ccc(N2C(=O)[C@H]3[C@H](CC=C4[C@H]3C[C@H]3C(=O)N(c5ccc(C(C)=O)cc5)C(=O)[C@H]3[C@H]4c3cc(C)c(O)c(C)c3)C2=O)cc1. The molecule has 0 aromatic heterocycles. The average molecular weight is 631 g/mol. The minimum absolute atomic E-state index is 0.125. The maximum Gasteiger partial charge on any atom is 0.238 e. The number of carbonyl (C=O) groups is 6. The Kier molecular flexibility index (Phi) is 7.11. The fourth-order valence-electron chi connectivity index (χ4n) is 8.33. The van der Waals surface area contributed by atoms with Gasteiger partial charge in [0.1, 0.15) is 5.75 Å². The molecule has 1 N–H and O–H groups in total. The van der Waals surface area contributed by atoms with Crippen LogP contribution < -0.4 is 9.80 Å². The number of phenols is 1. The number of anilines is 2. The Labute approximate surface area is 271 Å². The first-order valence-electron chi connectivity index (χ1n) is 15.9. The molecule has 6 atom stereocenters. The number of imide groups is 2.